The van der Waals surface area contributed by atoms with Crippen molar-refractivity contribution >= 4 is 11.6 Å². The first-order valence-electron chi connectivity index (χ1n) is 5.33. The Morgan fingerprint density at radius 2 is 2.20 bits per heavy atom. The number of rotatable bonds is 0. The third kappa shape index (κ3) is 1.02. The molecule has 1 unspecified atom stereocenters. The zero-order valence-corrected chi connectivity index (χ0v) is 9.28. The second-order valence-electron chi connectivity index (χ2n) is 4.32. The van der Waals surface area contributed by atoms with E-state index in [2.05, 4.69) is 43.3 Å². The summed E-state index contributed by atoms with van der Waals surface area (Å²) in [5, 5.41) is 7.07. The molecule has 0 saturated heterocycles. The van der Waals surface area contributed by atoms with E-state index in [1.807, 2.05) is 11.7 Å². The van der Waals surface area contributed by atoms with Crippen LogP contribution >= 0.6 is 0 Å². The van der Waals surface area contributed by atoms with E-state index >= 15 is 0 Å². The van der Waals surface area contributed by atoms with E-state index in [9.17, 15) is 0 Å². The second-order valence-corrected chi connectivity index (χ2v) is 4.32. The summed E-state index contributed by atoms with van der Waals surface area (Å²) in [7, 11) is 2.01. The SMILES string of the molecule is Cc1nn(C)c2c1=C1C(=CC=CC1C)C=2. The minimum absolute atomic E-state index is 0.505. The Balaban J connectivity index is 2.49. The maximum Gasteiger partial charge on any atom is 0.0691 e. The summed E-state index contributed by atoms with van der Waals surface area (Å²) in [4.78, 5) is 0. The van der Waals surface area contributed by atoms with Gasteiger partial charge in [0.1, 0.15) is 0 Å². The Labute approximate surface area is 88.9 Å². The molecule has 0 N–H and O–H groups in total. The summed E-state index contributed by atoms with van der Waals surface area (Å²) in [5.41, 5.74) is 3.94. The van der Waals surface area contributed by atoms with Gasteiger partial charge in [-0.3, -0.25) is 4.68 Å². The molecule has 1 aromatic heterocycles. The number of allylic oxidation sites excluding steroid dienone is 4. The fraction of sp³-hybridized carbons (Fsp3) is 0.308. The lowest BCUT2D eigenvalue weighted by Gasteiger charge is -2.14. The quantitative estimate of drug-likeness (QED) is 0.603. The predicted octanol–water partition coefficient (Wildman–Crippen LogP) is 0.806. The van der Waals surface area contributed by atoms with Crippen molar-refractivity contribution in [2.45, 2.75) is 13.8 Å². The average molecular weight is 198 g/mol. The standard InChI is InChI=1S/C13H14N2/c1-8-5-4-6-10-7-11-13(12(8)10)9(2)14-15(11)3/h4-8H,1-3H3. The molecule has 1 atom stereocenters. The lowest BCUT2D eigenvalue weighted by molar-refractivity contribution is 0.734. The summed E-state index contributed by atoms with van der Waals surface area (Å²) < 4.78 is 1.98. The highest BCUT2D eigenvalue weighted by atomic mass is 15.3. The van der Waals surface area contributed by atoms with Crippen LogP contribution in [0, 0.1) is 12.8 Å². The molecule has 0 spiro atoms. The van der Waals surface area contributed by atoms with Gasteiger partial charge in [-0.2, -0.15) is 5.10 Å². The maximum atomic E-state index is 4.47. The first kappa shape index (κ1) is 8.72. The molecule has 1 heterocycles. The number of nitrogens with zero attached hydrogens (tertiary/aromatic N) is 2. The van der Waals surface area contributed by atoms with E-state index in [1.165, 1.54) is 21.7 Å². The predicted molar refractivity (Wildman–Crippen MR) is 61.5 cm³/mol. The van der Waals surface area contributed by atoms with Crippen LogP contribution in [0.15, 0.2) is 23.8 Å². The molecule has 15 heavy (non-hydrogen) atoms. The number of aromatic nitrogens is 2. The molecule has 0 fully saturated rings. The van der Waals surface area contributed by atoms with Gasteiger partial charge in [-0.05, 0) is 24.1 Å². The summed E-state index contributed by atoms with van der Waals surface area (Å²) in [6.07, 6.45) is 8.82. The molecule has 0 aromatic carbocycles. The lowest BCUT2D eigenvalue weighted by atomic mass is 9.90. The number of fused-ring (bicyclic) bond motifs is 2. The monoisotopic (exact) mass is 198 g/mol. The molecule has 0 aliphatic heterocycles. The molecule has 0 amide bonds. The fourth-order valence-electron chi connectivity index (χ4n) is 2.59. The molecule has 3 rings (SSSR count). The van der Waals surface area contributed by atoms with Crippen molar-refractivity contribution in [3.05, 3.63) is 40.1 Å². The zero-order valence-electron chi connectivity index (χ0n) is 9.28. The van der Waals surface area contributed by atoms with Gasteiger partial charge in [0, 0.05) is 18.2 Å². The van der Waals surface area contributed by atoms with Gasteiger partial charge in [0.05, 0.1) is 11.0 Å². The molecular weight excluding hydrogens is 184 g/mol. The Bertz CT molecular complexity index is 612. The molecule has 0 radical (unpaired) electrons. The van der Waals surface area contributed by atoms with E-state index < -0.39 is 0 Å². The van der Waals surface area contributed by atoms with Gasteiger partial charge < -0.3 is 0 Å². The number of hydrogen-bond donors (Lipinski definition) is 0. The van der Waals surface area contributed by atoms with E-state index in [0.717, 1.165) is 5.69 Å². The third-order valence-electron chi connectivity index (χ3n) is 3.27. The van der Waals surface area contributed by atoms with Crippen molar-refractivity contribution in [3.8, 4) is 0 Å². The van der Waals surface area contributed by atoms with Crippen LogP contribution in [0.25, 0.3) is 11.6 Å². The second kappa shape index (κ2) is 2.72. The average Bonchev–Trinajstić information content (AvgIpc) is 2.68. The van der Waals surface area contributed by atoms with Gasteiger partial charge in [-0.15, -0.1) is 0 Å². The van der Waals surface area contributed by atoms with Crippen LogP contribution in [0.2, 0.25) is 0 Å². The van der Waals surface area contributed by atoms with Crippen molar-refractivity contribution in [1.29, 1.82) is 0 Å². The normalized spacial score (nSPS) is 22.2. The highest BCUT2D eigenvalue weighted by Gasteiger charge is 2.21. The minimum Gasteiger partial charge on any atom is -0.268 e. The van der Waals surface area contributed by atoms with E-state index in [4.69, 9.17) is 0 Å². The first-order valence-corrected chi connectivity index (χ1v) is 5.33. The Hall–Kier alpha value is -1.57. The molecule has 0 bridgehead atoms. The smallest absolute Gasteiger partial charge is 0.0691 e. The van der Waals surface area contributed by atoms with Gasteiger partial charge in [-0.25, -0.2) is 0 Å². The van der Waals surface area contributed by atoms with Crippen LogP contribution in [-0.2, 0) is 7.05 Å². The first-order chi connectivity index (χ1) is 7.18. The highest BCUT2D eigenvalue weighted by molar-refractivity contribution is 5.85. The zero-order chi connectivity index (χ0) is 10.6. The maximum absolute atomic E-state index is 4.47. The van der Waals surface area contributed by atoms with Gasteiger partial charge >= 0.3 is 0 Å². The summed E-state index contributed by atoms with van der Waals surface area (Å²) in [6, 6.07) is 0. The lowest BCUT2D eigenvalue weighted by Crippen LogP contribution is -2.27. The molecule has 0 saturated carbocycles. The molecule has 1 aromatic rings. The molecule has 76 valence electrons. The molecule has 2 heteroatoms. The van der Waals surface area contributed by atoms with Crippen molar-refractivity contribution in [3.63, 3.8) is 0 Å². The Kier molecular flexibility index (Phi) is 1.58. The van der Waals surface area contributed by atoms with E-state index in [1.54, 1.807) is 0 Å². The molecule has 2 aliphatic carbocycles. The van der Waals surface area contributed by atoms with Crippen molar-refractivity contribution in [1.82, 2.24) is 9.78 Å². The number of hydrogen-bond acceptors (Lipinski definition) is 1. The van der Waals surface area contributed by atoms with Gasteiger partial charge in [0.25, 0.3) is 0 Å². The van der Waals surface area contributed by atoms with Crippen LogP contribution in [0.3, 0.4) is 0 Å². The van der Waals surface area contributed by atoms with Crippen LogP contribution in [-0.4, -0.2) is 9.78 Å². The van der Waals surface area contributed by atoms with Crippen molar-refractivity contribution in [2.24, 2.45) is 13.0 Å². The number of aryl methyl sites for hydroxylation is 2. The Morgan fingerprint density at radius 1 is 1.40 bits per heavy atom. The summed E-state index contributed by atoms with van der Waals surface area (Å²) >= 11 is 0. The van der Waals surface area contributed by atoms with Crippen molar-refractivity contribution < 1.29 is 0 Å². The third-order valence-corrected chi connectivity index (χ3v) is 3.27. The summed E-state index contributed by atoms with van der Waals surface area (Å²) in [5.74, 6) is 0.505. The summed E-state index contributed by atoms with van der Waals surface area (Å²) in [6.45, 7) is 4.34. The topological polar surface area (TPSA) is 17.8 Å². The van der Waals surface area contributed by atoms with Crippen LogP contribution in [0.5, 0.6) is 0 Å². The molecule has 2 aliphatic rings. The molecule has 2 nitrogen and oxygen atoms in total. The fourth-order valence-corrected chi connectivity index (χ4v) is 2.59. The van der Waals surface area contributed by atoms with E-state index in [0.29, 0.717) is 5.92 Å². The molecular formula is C13H14N2. The van der Waals surface area contributed by atoms with E-state index in [-0.39, 0.29) is 0 Å². The van der Waals surface area contributed by atoms with Gasteiger partial charge in [0.2, 0.25) is 0 Å². The highest BCUT2D eigenvalue weighted by Crippen LogP contribution is 2.28. The van der Waals surface area contributed by atoms with Gasteiger partial charge in [-0.1, -0.05) is 25.2 Å². The Morgan fingerprint density at radius 3 is 3.00 bits per heavy atom. The minimum atomic E-state index is 0.505. The van der Waals surface area contributed by atoms with Crippen LogP contribution < -0.4 is 10.6 Å². The van der Waals surface area contributed by atoms with Crippen LogP contribution in [0.1, 0.15) is 12.6 Å². The largest absolute Gasteiger partial charge is 0.268 e. The van der Waals surface area contributed by atoms with Crippen LogP contribution in [0.4, 0.5) is 0 Å². The van der Waals surface area contributed by atoms with Gasteiger partial charge in [0.15, 0.2) is 0 Å². The van der Waals surface area contributed by atoms with Crippen molar-refractivity contribution in [2.75, 3.05) is 0 Å².